The number of aromatic amines is 1. The molecule has 0 spiro atoms. The van der Waals surface area contributed by atoms with Crippen LogP contribution in [0, 0.1) is 0 Å². The molecule has 33 heavy (non-hydrogen) atoms. The summed E-state index contributed by atoms with van der Waals surface area (Å²) in [5.74, 6) is 0.215. The Hall–Kier alpha value is -3.75. The standard InChI is InChI=1S/C24H21F3N2O4/c1-2-3-18-20(33-23(29-18)15-4-6-17(7-5-15)24(25,26)27)13-32-19-11-14(12-21(30)31)10-16-8-9-28-22(16)19/h4-11,28H,2-3,12-13H2,1H3,(H,30,31). The van der Waals surface area contributed by atoms with Gasteiger partial charge in [0.15, 0.2) is 5.76 Å². The van der Waals surface area contributed by atoms with Crippen LogP contribution >= 0.6 is 0 Å². The van der Waals surface area contributed by atoms with Crippen molar-refractivity contribution >= 4 is 16.9 Å². The van der Waals surface area contributed by atoms with E-state index < -0.39 is 17.7 Å². The van der Waals surface area contributed by atoms with Gasteiger partial charge in [0.1, 0.15) is 12.4 Å². The van der Waals surface area contributed by atoms with E-state index in [9.17, 15) is 18.0 Å². The summed E-state index contributed by atoms with van der Waals surface area (Å²) in [6.45, 7) is 2.02. The third-order valence-corrected chi connectivity index (χ3v) is 5.12. The highest BCUT2D eigenvalue weighted by Crippen LogP contribution is 2.32. The number of hydrogen-bond acceptors (Lipinski definition) is 4. The molecule has 172 valence electrons. The molecule has 6 nitrogen and oxygen atoms in total. The van der Waals surface area contributed by atoms with Gasteiger partial charge in [-0.15, -0.1) is 0 Å². The van der Waals surface area contributed by atoms with Crippen LogP contribution in [0.25, 0.3) is 22.4 Å². The highest BCUT2D eigenvalue weighted by Gasteiger charge is 2.30. The first-order valence-electron chi connectivity index (χ1n) is 10.4. The van der Waals surface area contributed by atoms with Gasteiger partial charge in [0, 0.05) is 17.1 Å². The number of carbonyl (C=O) groups is 1. The number of H-pyrrole nitrogens is 1. The fourth-order valence-corrected chi connectivity index (χ4v) is 3.58. The Morgan fingerprint density at radius 3 is 2.61 bits per heavy atom. The molecule has 0 saturated heterocycles. The molecular weight excluding hydrogens is 437 g/mol. The zero-order valence-corrected chi connectivity index (χ0v) is 17.7. The Bertz CT molecular complexity index is 1270. The number of carboxylic acids is 1. The predicted molar refractivity (Wildman–Crippen MR) is 115 cm³/mol. The van der Waals surface area contributed by atoms with E-state index in [1.165, 1.54) is 12.1 Å². The average molecular weight is 458 g/mol. The second kappa shape index (κ2) is 9.01. The van der Waals surface area contributed by atoms with Gasteiger partial charge in [-0.2, -0.15) is 13.2 Å². The van der Waals surface area contributed by atoms with Crippen molar-refractivity contribution in [2.45, 2.75) is 39.0 Å². The number of alkyl halides is 3. The van der Waals surface area contributed by atoms with Crippen LogP contribution in [0.2, 0.25) is 0 Å². The van der Waals surface area contributed by atoms with Crippen LogP contribution < -0.4 is 4.74 Å². The van der Waals surface area contributed by atoms with Gasteiger partial charge < -0.3 is 19.2 Å². The Balaban J connectivity index is 1.60. The van der Waals surface area contributed by atoms with Crippen molar-refractivity contribution in [2.24, 2.45) is 0 Å². The summed E-state index contributed by atoms with van der Waals surface area (Å²) in [6, 6.07) is 9.91. The fraction of sp³-hybridized carbons (Fsp3) is 0.250. The summed E-state index contributed by atoms with van der Waals surface area (Å²) in [6.07, 6.45) is -1.42. The summed E-state index contributed by atoms with van der Waals surface area (Å²) in [7, 11) is 0. The molecule has 4 aromatic rings. The molecule has 0 unspecified atom stereocenters. The Morgan fingerprint density at radius 2 is 1.94 bits per heavy atom. The van der Waals surface area contributed by atoms with Crippen LogP contribution in [0.5, 0.6) is 5.75 Å². The number of fused-ring (bicyclic) bond motifs is 1. The lowest BCUT2D eigenvalue weighted by molar-refractivity contribution is -0.138. The quantitative estimate of drug-likeness (QED) is 0.338. The van der Waals surface area contributed by atoms with Crippen LogP contribution in [0.3, 0.4) is 0 Å². The Morgan fingerprint density at radius 1 is 1.18 bits per heavy atom. The molecular formula is C24H21F3N2O4. The molecule has 9 heteroatoms. The van der Waals surface area contributed by atoms with E-state index in [1.807, 2.05) is 13.0 Å². The number of ether oxygens (including phenoxy) is 1. The fourth-order valence-electron chi connectivity index (χ4n) is 3.58. The number of aromatic nitrogens is 2. The molecule has 0 saturated carbocycles. The highest BCUT2D eigenvalue weighted by atomic mass is 19.4. The number of oxazole rings is 1. The largest absolute Gasteiger partial charge is 0.483 e. The lowest BCUT2D eigenvalue weighted by Gasteiger charge is -2.09. The minimum atomic E-state index is -4.42. The average Bonchev–Trinajstić information content (AvgIpc) is 3.38. The van der Waals surface area contributed by atoms with Gasteiger partial charge in [0.25, 0.3) is 0 Å². The number of halogens is 3. The van der Waals surface area contributed by atoms with Gasteiger partial charge in [-0.05, 0) is 54.4 Å². The van der Waals surface area contributed by atoms with Gasteiger partial charge in [0.2, 0.25) is 5.89 Å². The lowest BCUT2D eigenvalue weighted by Crippen LogP contribution is -2.03. The molecule has 0 aliphatic heterocycles. The number of nitrogens with zero attached hydrogens (tertiary/aromatic N) is 1. The second-order valence-electron chi connectivity index (χ2n) is 7.61. The smallest absolute Gasteiger partial charge is 0.416 e. The number of rotatable bonds is 8. The molecule has 4 rings (SSSR count). The van der Waals surface area contributed by atoms with Crippen LogP contribution in [0.4, 0.5) is 13.2 Å². The van der Waals surface area contributed by atoms with Crippen molar-refractivity contribution in [3.8, 4) is 17.2 Å². The molecule has 2 N–H and O–H groups in total. The van der Waals surface area contributed by atoms with Crippen LogP contribution in [-0.4, -0.2) is 21.0 Å². The third kappa shape index (κ3) is 5.02. The predicted octanol–water partition coefficient (Wildman–Crippen LogP) is 6.00. The van der Waals surface area contributed by atoms with Crippen molar-refractivity contribution in [2.75, 3.05) is 0 Å². The van der Waals surface area contributed by atoms with E-state index >= 15 is 0 Å². The van der Waals surface area contributed by atoms with E-state index in [2.05, 4.69) is 9.97 Å². The molecule has 2 heterocycles. The minimum Gasteiger partial charge on any atom is -0.483 e. The SMILES string of the molecule is CCCc1nc(-c2ccc(C(F)(F)F)cc2)oc1COc1cc(CC(=O)O)cc2cc[nH]c12. The minimum absolute atomic E-state index is 0.0353. The van der Waals surface area contributed by atoms with Crippen molar-refractivity contribution in [1.29, 1.82) is 0 Å². The van der Waals surface area contributed by atoms with E-state index in [1.54, 1.807) is 18.3 Å². The number of hydrogen-bond donors (Lipinski definition) is 2. The number of aryl methyl sites for hydroxylation is 1. The first kappa shape index (κ1) is 22.4. The van der Waals surface area contributed by atoms with Crippen LogP contribution in [0.1, 0.15) is 35.9 Å². The van der Waals surface area contributed by atoms with Gasteiger partial charge in [0.05, 0.1) is 23.2 Å². The summed E-state index contributed by atoms with van der Waals surface area (Å²) in [5, 5.41) is 9.94. The van der Waals surface area contributed by atoms with E-state index in [-0.39, 0.29) is 18.9 Å². The van der Waals surface area contributed by atoms with Crippen molar-refractivity contribution in [3.63, 3.8) is 0 Å². The van der Waals surface area contributed by atoms with Crippen LogP contribution in [-0.2, 0) is 30.4 Å². The Kier molecular flexibility index (Phi) is 6.13. The maximum Gasteiger partial charge on any atom is 0.416 e. The first-order chi connectivity index (χ1) is 15.7. The van der Waals surface area contributed by atoms with Crippen LogP contribution in [0.15, 0.2) is 53.1 Å². The second-order valence-corrected chi connectivity index (χ2v) is 7.61. The molecule has 0 aliphatic carbocycles. The highest BCUT2D eigenvalue weighted by molar-refractivity contribution is 5.87. The molecule has 0 amide bonds. The molecule has 2 aromatic carbocycles. The molecule has 0 fully saturated rings. The Labute approximate surface area is 187 Å². The van der Waals surface area contributed by atoms with Crippen molar-refractivity contribution < 1.29 is 32.2 Å². The van der Waals surface area contributed by atoms with E-state index in [0.29, 0.717) is 34.8 Å². The van der Waals surface area contributed by atoms with E-state index in [4.69, 9.17) is 14.3 Å². The summed E-state index contributed by atoms with van der Waals surface area (Å²) >= 11 is 0. The number of aliphatic carboxylic acids is 1. The van der Waals surface area contributed by atoms with Gasteiger partial charge >= 0.3 is 12.1 Å². The van der Waals surface area contributed by atoms with E-state index in [0.717, 1.165) is 29.5 Å². The van der Waals surface area contributed by atoms with Gasteiger partial charge in [-0.1, -0.05) is 13.3 Å². The number of benzene rings is 2. The lowest BCUT2D eigenvalue weighted by atomic mass is 10.1. The first-order valence-corrected chi connectivity index (χ1v) is 10.4. The zero-order chi connectivity index (χ0) is 23.6. The summed E-state index contributed by atoms with van der Waals surface area (Å²) in [4.78, 5) is 18.7. The molecule has 0 radical (unpaired) electrons. The molecule has 2 aromatic heterocycles. The van der Waals surface area contributed by atoms with Crippen molar-refractivity contribution in [3.05, 3.63) is 71.2 Å². The third-order valence-electron chi connectivity index (χ3n) is 5.12. The molecule has 0 aliphatic rings. The topological polar surface area (TPSA) is 88.3 Å². The maximum absolute atomic E-state index is 12.8. The summed E-state index contributed by atoms with van der Waals surface area (Å²) in [5.41, 5.74) is 1.68. The maximum atomic E-state index is 12.8. The van der Waals surface area contributed by atoms with Gasteiger partial charge in [-0.3, -0.25) is 4.79 Å². The van der Waals surface area contributed by atoms with Gasteiger partial charge in [-0.25, -0.2) is 4.98 Å². The van der Waals surface area contributed by atoms with Crippen molar-refractivity contribution in [1.82, 2.24) is 9.97 Å². The normalized spacial score (nSPS) is 11.8. The monoisotopic (exact) mass is 458 g/mol. The zero-order valence-electron chi connectivity index (χ0n) is 17.7. The molecule has 0 bridgehead atoms. The summed E-state index contributed by atoms with van der Waals surface area (Å²) < 4.78 is 50.4. The number of nitrogens with one attached hydrogen (secondary N) is 1. The number of carboxylic acid groups (broad SMARTS) is 1. The molecule has 0 atom stereocenters.